The van der Waals surface area contributed by atoms with Gasteiger partial charge in [-0.1, -0.05) is 0 Å². The van der Waals surface area contributed by atoms with Crippen molar-refractivity contribution in [3.8, 4) is 0 Å². The maximum Gasteiger partial charge on any atom is 0.277 e. The van der Waals surface area contributed by atoms with Crippen molar-refractivity contribution in [2.75, 3.05) is 34.6 Å². The van der Waals surface area contributed by atoms with Crippen LogP contribution in [0, 0.1) is 0 Å². The zero-order valence-corrected chi connectivity index (χ0v) is 12.1. The van der Waals surface area contributed by atoms with Gasteiger partial charge in [-0.2, -0.15) is 4.98 Å². The highest BCUT2D eigenvalue weighted by molar-refractivity contribution is 7.98. The van der Waals surface area contributed by atoms with Crippen molar-refractivity contribution in [1.82, 2.24) is 9.97 Å². The Kier molecular flexibility index (Phi) is 4.73. The van der Waals surface area contributed by atoms with Crippen molar-refractivity contribution in [3.05, 3.63) is 10.4 Å². The molecule has 3 atom stereocenters. The van der Waals surface area contributed by atoms with Crippen LogP contribution in [0.1, 0.15) is 6.92 Å². The van der Waals surface area contributed by atoms with Crippen molar-refractivity contribution in [3.63, 3.8) is 0 Å². The summed E-state index contributed by atoms with van der Waals surface area (Å²) in [5.41, 5.74) is -0.0516. The van der Waals surface area contributed by atoms with E-state index >= 15 is 0 Å². The van der Waals surface area contributed by atoms with E-state index in [0.29, 0.717) is 24.2 Å². The van der Waals surface area contributed by atoms with E-state index < -0.39 is 18.2 Å². The van der Waals surface area contributed by atoms with Gasteiger partial charge in [-0.15, -0.1) is 11.8 Å². The number of rotatable bonds is 5. The normalized spacial score (nSPS) is 20.3. The van der Waals surface area contributed by atoms with Crippen molar-refractivity contribution < 1.29 is 10.2 Å². The Morgan fingerprint density at radius 1 is 1.55 bits per heavy atom. The summed E-state index contributed by atoms with van der Waals surface area (Å²) in [6.45, 7) is 1.87. The third-order valence-electron chi connectivity index (χ3n) is 3.03. The van der Waals surface area contributed by atoms with Gasteiger partial charge < -0.3 is 26.2 Å². The zero-order chi connectivity index (χ0) is 14.7. The maximum absolute atomic E-state index is 12.0. The van der Waals surface area contributed by atoms with Crippen molar-refractivity contribution >= 4 is 29.2 Å². The van der Waals surface area contributed by atoms with Crippen molar-refractivity contribution in [2.45, 2.75) is 25.2 Å². The van der Waals surface area contributed by atoms with E-state index in [-0.39, 0.29) is 11.2 Å². The van der Waals surface area contributed by atoms with E-state index in [4.69, 9.17) is 0 Å². The molecule has 1 aliphatic heterocycles. The van der Waals surface area contributed by atoms with Gasteiger partial charge in [0.05, 0.1) is 18.0 Å². The van der Waals surface area contributed by atoms with E-state index in [1.165, 1.54) is 6.92 Å². The first-order valence-corrected chi connectivity index (χ1v) is 7.66. The average molecular weight is 301 g/mol. The summed E-state index contributed by atoms with van der Waals surface area (Å²) < 4.78 is 0. The highest BCUT2D eigenvalue weighted by Crippen LogP contribution is 2.22. The number of aliphatic hydroxyl groups is 2. The molecule has 9 heteroatoms. The number of thioether (sulfide) groups is 1. The molecule has 0 amide bonds. The minimum atomic E-state index is -0.968. The van der Waals surface area contributed by atoms with Crippen LogP contribution in [0.4, 0.5) is 17.5 Å². The summed E-state index contributed by atoms with van der Waals surface area (Å²) in [5.74, 6) is 1.47. The van der Waals surface area contributed by atoms with Gasteiger partial charge in [-0.3, -0.25) is 9.78 Å². The van der Waals surface area contributed by atoms with Gasteiger partial charge in [0.2, 0.25) is 5.95 Å². The molecule has 0 bridgehead atoms. The molecule has 0 saturated carbocycles. The van der Waals surface area contributed by atoms with E-state index in [1.54, 1.807) is 11.8 Å². The Morgan fingerprint density at radius 3 is 2.95 bits per heavy atom. The summed E-state index contributed by atoms with van der Waals surface area (Å²) >= 11 is 1.58. The standard InChI is InChI=1S/C11H19N5O3S/c1-5(17)8(18)6-3-12-9-7(14-6)10(19)16-11(15-9)13-4-20-2/h5-6,8,14,17-18H,3-4H2,1-2H3,(H3,12,13,15,16,19). The molecule has 6 N–H and O–H groups in total. The Hall–Kier alpha value is -1.45. The van der Waals surface area contributed by atoms with E-state index in [1.807, 2.05) is 6.26 Å². The predicted octanol–water partition coefficient (Wildman–Crippen LogP) is -0.550. The number of aromatic nitrogens is 2. The number of H-pyrrole nitrogens is 1. The number of nitrogens with one attached hydrogen (secondary N) is 4. The summed E-state index contributed by atoms with van der Waals surface area (Å²) in [5, 5.41) is 28.1. The molecule has 0 spiro atoms. The molecule has 0 fully saturated rings. The third kappa shape index (κ3) is 3.17. The highest BCUT2D eigenvalue weighted by atomic mass is 32.2. The van der Waals surface area contributed by atoms with Crippen molar-refractivity contribution in [1.29, 1.82) is 0 Å². The van der Waals surface area contributed by atoms with Crippen LogP contribution in [0.5, 0.6) is 0 Å². The van der Waals surface area contributed by atoms with Crippen molar-refractivity contribution in [2.24, 2.45) is 0 Å². The van der Waals surface area contributed by atoms with Crippen LogP contribution in [-0.4, -0.2) is 57.1 Å². The van der Waals surface area contributed by atoms with E-state index in [2.05, 4.69) is 25.9 Å². The lowest BCUT2D eigenvalue weighted by Gasteiger charge is -2.31. The Labute approximate surface area is 120 Å². The summed E-state index contributed by atoms with van der Waals surface area (Å²) in [7, 11) is 0. The van der Waals surface area contributed by atoms with Crippen LogP contribution in [0.3, 0.4) is 0 Å². The SMILES string of the molecule is CSCNc1nc2c(c(=O)[nH]1)NC(C(O)C(C)O)CN2. The Morgan fingerprint density at radius 2 is 2.30 bits per heavy atom. The largest absolute Gasteiger partial charge is 0.391 e. The number of hydrogen-bond acceptors (Lipinski definition) is 8. The molecule has 112 valence electrons. The molecule has 0 saturated heterocycles. The molecule has 0 radical (unpaired) electrons. The monoisotopic (exact) mass is 301 g/mol. The lowest BCUT2D eigenvalue weighted by Crippen LogP contribution is -2.48. The van der Waals surface area contributed by atoms with Gasteiger partial charge in [0.1, 0.15) is 11.8 Å². The average Bonchev–Trinajstić information content (AvgIpc) is 2.44. The molecule has 1 aromatic heterocycles. The fourth-order valence-corrected chi connectivity index (χ4v) is 2.23. The number of aliphatic hydroxyl groups excluding tert-OH is 2. The summed E-state index contributed by atoms with van der Waals surface area (Å²) in [6.07, 6.45) is 0.0838. The van der Waals surface area contributed by atoms with Gasteiger partial charge in [0, 0.05) is 6.54 Å². The van der Waals surface area contributed by atoms with Gasteiger partial charge in [0.15, 0.2) is 5.82 Å². The second-order valence-corrected chi connectivity index (χ2v) is 5.48. The Bertz CT molecular complexity index is 521. The molecule has 20 heavy (non-hydrogen) atoms. The molecule has 0 aromatic carbocycles. The van der Waals surface area contributed by atoms with Gasteiger partial charge >= 0.3 is 0 Å². The molecule has 3 unspecified atom stereocenters. The molecule has 2 rings (SSSR count). The van der Waals surface area contributed by atoms with Crippen LogP contribution < -0.4 is 21.5 Å². The van der Waals surface area contributed by atoms with E-state index in [0.717, 1.165) is 0 Å². The van der Waals surface area contributed by atoms with Crippen LogP contribution in [0.2, 0.25) is 0 Å². The molecule has 2 heterocycles. The zero-order valence-electron chi connectivity index (χ0n) is 11.3. The number of fused-ring (bicyclic) bond motifs is 1. The lowest BCUT2D eigenvalue weighted by atomic mass is 10.0. The number of hydrogen-bond donors (Lipinski definition) is 6. The van der Waals surface area contributed by atoms with E-state index in [9.17, 15) is 15.0 Å². The smallest absolute Gasteiger partial charge is 0.277 e. The predicted molar refractivity (Wildman–Crippen MR) is 80.5 cm³/mol. The topological polar surface area (TPSA) is 122 Å². The number of anilines is 3. The van der Waals surface area contributed by atoms with Crippen LogP contribution >= 0.6 is 11.8 Å². The molecule has 1 aromatic rings. The first-order chi connectivity index (χ1) is 9.52. The summed E-state index contributed by atoms with van der Waals surface area (Å²) in [4.78, 5) is 18.9. The third-order valence-corrected chi connectivity index (χ3v) is 3.46. The number of aromatic amines is 1. The summed E-state index contributed by atoms with van der Waals surface area (Å²) in [6, 6.07) is -0.449. The van der Waals surface area contributed by atoms with Crippen LogP contribution in [0.25, 0.3) is 0 Å². The van der Waals surface area contributed by atoms with Crippen LogP contribution in [0.15, 0.2) is 4.79 Å². The highest BCUT2D eigenvalue weighted by Gasteiger charge is 2.29. The minimum Gasteiger partial charge on any atom is -0.391 e. The van der Waals surface area contributed by atoms with Gasteiger partial charge in [-0.25, -0.2) is 0 Å². The molecular formula is C11H19N5O3S. The number of nitrogens with zero attached hydrogens (tertiary/aromatic N) is 1. The lowest BCUT2D eigenvalue weighted by molar-refractivity contribution is 0.0214. The fourth-order valence-electron chi connectivity index (χ4n) is 1.94. The fraction of sp³-hybridized carbons (Fsp3) is 0.636. The second kappa shape index (κ2) is 6.33. The van der Waals surface area contributed by atoms with Gasteiger partial charge in [0.25, 0.3) is 5.56 Å². The first-order valence-electron chi connectivity index (χ1n) is 6.26. The second-order valence-electron chi connectivity index (χ2n) is 4.61. The Balaban J connectivity index is 2.19. The van der Waals surface area contributed by atoms with Crippen LogP contribution in [-0.2, 0) is 0 Å². The quantitative estimate of drug-likeness (QED) is 0.401. The first kappa shape index (κ1) is 14.9. The molecule has 8 nitrogen and oxygen atoms in total. The maximum atomic E-state index is 12.0. The molecular weight excluding hydrogens is 282 g/mol. The minimum absolute atomic E-state index is 0.274. The molecule has 0 aliphatic carbocycles. The van der Waals surface area contributed by atoms with Gasteiger partial charge in [-0.05, 0) is 13.2 Å². The molecule has 1 aliphatic rings.